The summed E-state index contributed by atoms with van der Waals surface area (Å²) >= 11 is 4.77. The number of halogens is 3. The van der Waals surface area contributed by atoms with E-state index in [2.05, 4.69) is 9.50 Å². The smallest absolute Gasteiger partial charge is 0.432 e. The Morgan fingerprint density at radius 1 is 1.14 bits per heavy atom. The maximum atomic E-state index is 12.1. The lowest BCUT2D eigenvalue weighted by atomic mass is 10.0. The van der Waals surface area contributed by atoms with E-state index in [0.29, 0.717) is 12.2 Å². The molecule has 0 amide bonds. The molecule has 1 atom stereocenters. The molecule has 9 heteroatoms. The number of hydrogen-bond acceptors (Lipinski definition) is 5. The van der Waals surface area contributed by atoms with E-state index in [0.717, 1.165) is 27.8 Å². The molecule has 158 valence electrons. The molecule has 0 spiro atoms. The van der Waals surface area contributed by atoms with Gasteiger partial charge < -0.3 is 20.0 Å². The summed E-state index contributed by atoms with van der Waals surface area (Å²) in [4.78, 5) is 0. The summed E-state index contributed by atoms with van der Waals surface area (Å²) in [6.45, 7) is 5.64. The number of hydrogen-bond donors (Lipinski definition) is 2. The molecular weight excluding hydrogens is 421 g/mol. The third-order valence-electron chi connectivity index (χ3n) is 4.15. The van der Waals surface area contributed by atoms with Gasteiger partial charge in [0.15, 0.2) is 0 Å². The summed E-state index contributed by atoms with van der Waals surface area (Å²) in [5.74, 6) is 0.561. The molecule has 29 heavy (non-hydrogen) atoms. The van der Waals surface area contributed by atoms with Crippen molar-refractivity contribution in [1.29, 1.82) is 0 Å². The van der Waals surface area contributed by atoms with Gasteiger partial charge in [0.2, 0.25) is 0 Å². The maximum Gasteiger partial charge on any atom is 0.467 e. The van der Waals surface area contributed by atoms with Crippen molar-refractivity contribution in [3.05, 3.63) is 64.2 Å². The highest BCUT2D eigenvalue weighted by Crippen LogP contribution is 2.31. The van der Waals surface area contributed by atoms with Crippen molar-refractivity contribution in [1.82, 2.24) is 5.32 Å². The van der Waals surface area contributed by atoms with Crippen molar-refractivity contribution in [3.8, 4) is 5.75 Å². The van der Waals surface area contributed by atoms with Gasteiger partial charge in [0.1, 0.15) is 24.0 Å². The predicted molar refractivity (Wildman–Crippen MR) is 114 cm³/mol. The highest BCUT2D eigenvalue weighted by molar-refractivity contribution is 7.95. The van der Waals surface area contributed by atoms with Crippen molar-refractivity contribution in [2.24, 2.45) is 5.73 Å². The molecule has 4 nitrogen and oxygen atoms in total. The maximum absolute atomic E-state index is 12.1. The molecule has 2 aromatic rings. The van der Waals surface area contributed by atoms with Crippen molar-refractivity contribution in [2.45, 2.75) is 38.9 Å². The number of thiocarbonyl (C=S) groups is 1. The van der Waals surface area contributed by atoms with Crippen LogP contribution >= 0.6 is 24.3 Å². The zero-order valence-corrected chi connectivity index (χ0v) is 17.9. The number of nitrogens with two attached hydrogens (primary N) is 1. The normalized spacial score (nSPS) is 12.5. The van der Waals surface area contributed by atoms with Crippen LogP contribution in [0, 0.1) is 20.8 Å². The van der Waals surface area contributed by atoms with Crippen molar-refractivity contribution in [2.75, 3.05) is 6.61 Å². The van der Waals surface area contributed by atoms with Crippen LogP contribution in [0.5, 0.6) is 5.75 Å². The van der Waals surface area contributed by atoms with Gasteiger partial charge in [0.05, 0.1) is 6.61 Å². The summed E-state index contributed by atoms with van der Waals surface area (Å²) < 4.78 is 46.7. The van der Waals surface area contributed by atoms with E-state index in [4.69, 9.17) is 22.7 Å². The molecule has 0 aliphatic rings. The average Bonchev–Trinajstić information content (AvgIpc) is 2.62. The second kappa shape index (κ2) is 10.3. The molecule has 0 aromatic heterocycles. The first-order valence-electron chi connectivity index (χ1n) is 8.83. The molecular formula is C20H23F3N2O2S2. The number of benzene rings is 2. The molecule has 1 unspecified atom stereocenters. The minimum atomic E-state index is -4.40. The molecule has 3 N–H and O–H groups in total. The number of ether oxygens (including phenoxy) is 1. The second-order valence-electron chi connectivity index (χ2n) is 6.57. The second-order valence-corrected chi connectivity index (χ2v) is 7.80. The fraction of sp³-hybridized carbons (Fsp3) is 0.350. The van der Waals surface area contributed by atoms with E-state index in [1.807, 2.05) is 51.1 Å². The molecule has 2 aromatic carbocycles. The third kappa shape index (κ3) is 7.85. The Kier molecular flexibility index (Phi) is 8.33. The first-order valence-corrected chi connectivity index (χ1v) is 9.98. The summed E-state index contributed by atoms with van der Waals surface area (Å²) in [5, 5.41) is 3.08. The highest BCUT2D eigenvalue weighted by Gasteiger charge is 2.29. The van der Waals surface area contributed by atoms with Gasteiger partial charge in [0, 0.05) is 0 Å². The van der Waals surface area contributed by atoms with Crippen molar-refractivity contribution >= 4 is 29.4 Å². The van der Waals surface area contributed by atoms with E-state index in [1.54, 1.807) is 6.07 Å². The van der Waals surface area contributed by atoms with Gasteiger partial charge >= 0.3 is 5.51 Å². The summed E-state index contributed by atoms with van der Waals surface area (Å²) in [6, 6.07) is 11.4. The van der Waals surface area contributed by atoms with Crippen LogP contribution in [0.3, 0.4) is 0 Å². The van der Waals surface area contributed by atoms with Gasteiger partial charge in [0.25, 0.3) is 5.17 Å². The zero-order chi connectivity index (χ0) is 21.6. The predicted octanol–water partition coefficient (Wildman–Crippen LogP) is 5.25. The van der Waals surface area contributed by atoms with Crippen LogP contribution in [-0.2, 0) is 10.6 Å². The Labute approximate surface area is 178 Å². The lowest BCUT2D eigenvalue weighted by Crippen LogP contribution is -2.36. The molecule has 0 radical (unpaired) electrons. The van der Waals surface area contributed by atoms with Gasteiger partial charge in [-0.3, -0.25) is 0 Å². The van der Waals surface area contributed by atoms with Gasteiger partial charge in [-0.2, -0.15) is 13.2 Å². The van der Waals surface area contributed by atoms with Crippen molar-refractivity contribution < 1.29 is 22.1 Å². The molecule has 0 saturated heterocycles. The van der Waals surface area contributed by atoms with E-state index in [-0.39, 0.29) is 11.8 Å². The fourth-order valence-corrected chi connectivity index (χ4v) is 3.12. The Balaban J connectivity index is 1.94. The average molecular weight is 445 g/mol. The van der Waals surface area contributed by atoms with E-state index < -0.39 is 23.7 Å². The van der Waals surface area contributed by atoms with E-state index in [9.17, 15) is 13.2 Å². The first-order chi connectivity index (χ1) is 13.5. The molecule has 0 bridgehead atoms. The monoisotopic (exact) mass is 444 g/mol. The van der Waals surface area contributed by atoms with Gasteiger partial charge in [-0.15, -0.1) is 0 Å². The van der Waals surface area contributed by atoms with E-state index >= 15 is 0 Å². The van der Waals surface area contributed by atoms with E-state index in [1.165, 1.54) is 0 Å². The van der Waals surface area contributed by atoms with Crippen LogP contribution in [0.25, 0.3) is 0 Å². The van der Waals surface area contributed by atoms with Crippen LogP contribution in [0.4, 0.5) is 13.2 Å². The lowest BCUT2D eigenvalue weighted by molar-refractivity contribution is -0.0396. The SMILES string of the molecule is Cc1ccc(C(N)NC(=S)Oc2cc(C)c(CCOSC(F)(F)F)cc2C)cc1. The molecule has 0 aliphatic heterocycles. The Hall–Kier alpha value is -1.81. The summed E-state index contributed by atoms with van der Waals surface area (Å²) in [5.41, 5.74) is 6.29. The van der Waals surface area contributed by atoms with Gasteiger partial charge in [-0.05, 0) is 67.7 Å². The first kappa shape index (κ1) is 23.5. The molecule has 2 rings (SSSR count). The van der Waals surface area contributed by atoms with Crippen LogP contribution in [-0.4, -0.2) is 17.3 Å². The molecule has 0 aliphatic carbocycles. The zero-order valence-electron chi connectivity index (χ0n) is 16.3. The molecule has 0 heterocycles. The third-order valence-corrected chi connectivity index (χ3v) is 4.83. The van der Waals surface area contributed by atoms with Crippen LogP contribution in [0.1, 0.15) is 34.0 Å². The minimum absolute atomic E-state index is 0.0456. The van der Waals surface area contributed by atoms with Crippen LogP contribution in [0.2, 0.25) is 0 Å². The summed E-state index contributed by atoms with van der Waals surface area (Å²) in [6.07, 6.45) is -0.149. The van der Waals surface area contributed by atoms with Gasteiger partial charge in [-0.1, -0.05) is 35.9 Å². The number of aryl methyl sites for hydroxylation is 3. The summed E-state index contributed by atoms with van der Waals surface area (Å²) in [7, 11) is 0. The number of alkyl halides is 3. The van der Waals surface area contributed by atoms with Crippen LogP contribution < -0.4 is 15.8 Å². The fourth-order valence-electron chi connectivity index (χ4n) is 2.60. The molecule has 0 saturated carbocycles. The highest BCUT2D eigenvalue weighted by atomic mass is 32.2. The minimum Gasteiger partial charge on any atom is -0.432 e. The number of nitrogens with one attached hydrogen (secondary N) is 1. The Morgan fingerprint density at radius 2 is 1.79 bits per heavy atom. The van der Waals surface area contributed by atoms with Gasteiger partial charge in [-0.25, -0.2) is 0 Å². The topological polar surface area (TPSA) is 56.5 Å². The quantitative estimate of drug-likeness (QED) is 0.263. The lowest BCUT2D eigenvalue weighted by Gasteiger charge is -2.18. The standard InChI is InChI=1S/C20H23F3N2O2S2/c1-12-4-6-15(7-5-12)18(24)25-19(28)27-17-11-13(2)16(10-14(17)3)8-9-26-29-20(21,22)23/h4-7,10-11,18H,8-9,24H2,1-3H3,(H,25,28). The Bertz CT molecular complexity index is 843. The van der Waals surface area contributed by atoms with Crippen molar-refractivity contribution in [3.63, 3.8) is 0 Å². The Morgan fingerprint density at radius 3 is 2.41 bits per heavy atom. The molecule has 0 fully saturated rings. The van der Waals surface area contributed by atoms with Crippen LogP contribution in [0.15, 0.2) is 36.4 Å². The number of rotatable bonds is 7. The largest absolute Gasteiger partial charge is 0.467 e.